The average Bonchev–Trinajstić information content (AvgIpc) is 2.12. The summed E-state index contributed by atoms with van der Waals surface area (Å²) in [4.78, 5) is 19.3. The molecule has 0 aromatic rings. The first-order chi connectivity index (χ1) is 6.54. The highest BCUT2D eigenvalue weighted by Crippen LogP contribution is 1.77. The molecule has 4 heteroatoms. The summed E-state index contributed by atoms with van der Waals surface area (Å²) in [6, 6.07) is 0. The monoisotopic (exact) mass is 200 g/mol. The number of hydrogen-bond donors (Lipinski definition) is 2. The standard InChI is InChI=1S/2C5H8O2/c2*1-2-3-4-5(6)7/h2*3-4H,2H2,1H3,(H,6,7). The van der Waals surface area contributed by atoms with E-state index in [1.54, 1.807) is 12.2 Å². The molecule has 0 aromatic heterocycles. The van der Waals surface area contributed by atoms with Crippen LogP contribution in [0.4, 0.5) is 0 Å². The maximum atomic E-state index is 9.67. The van der Waals surface area contributed by atoms with Crippen LogP contribution in [0.1, 0.15) is 26.7 Å². The summed E-state index contributed by atoms with van der Waals surface area (Å²) >= 11 is 0. The third kappa shape index (κ3) is 22.4. The van der Waals surface area contributed by atoms with E-state index >= 15 is 0 Å². The molecule has 2 N–H and O–H groups in total. The van der Waals surface area contributed by atoms with E-state index in [4.69, 9.17) is 10.2 Å². The van der Waals surface area contributed by atoms with Gasteiger partial charge in [0.1, 0.15) is 0 Å². The largest absolute Gasteiger partial charge is 0.478 e. The summed E-state index contributed by atoms with van der Waals surface area (Å²) in [5.41, 5.74) is 0. The Hall–Kier alpha value is -1.58. The molecule has 0 spiro atoms. The van der Waals surface area contributed by atoms with Crippen LogP contribution in [0.2, 0.25) is 0 Å². The van der Waals surface area contributed by atoms with E-state index in [1.807, 2.05) is 13.8 Å². The molecule has 0 aromatic carbocycles. The van der Waals surface area contributed by atoms with Gasteiger partial charge in [-0.3, -0.25) is 0 Å². The molecule has 0 radical (unpaired) electrons. The summed E-state index contributed by atoms with van der Waals surface area (Å²) in [5.74, 6) is -1.75. The number of hydrogen-bond acceptors (Lipinski definition) is 2. The van der Waals surface area contributed by atoms with E-state index in [0.717, 1.165) is 25.0 Å². The predicted molar refractivity (Wildman–Crippen MR) is 54.1 cm³/mol. The van der Waals surface area contributed by atoms with E-state index in [-0.39, 0.29) is 0 Å². The van der Waals surface area contributed by atoms with Gasteiger partial charge in [0.25, 0.3) is 0 Å². The molecule has 0 aliphatic heterocycles. The van der Waals surface area contributed by atoms with Crippen molar-refractivity contribution in [3.05, 3.63) is 24.3 Å². The Morgan fingerprint density at radius 2 is 1.21 bits per heavy atom. The minimum atomic E-state index is -0.873. The second-order valence-corrected chi connectivity index (χ2v) is 2.30. The van der Waals surface area contributed by atoms with Gasteiger partial charge in [-0.15, -0.1) is 0 Å². The van der Waals surface area contributed by atoms with Gasteiger partial charge in [0, 0.05) is 12.2 Å². The molecule has 0 aliphatic carbocycles. The fourth-order valence-corrected chi connectivity index (χ4v) is 0.437. The lowest BCUT2D eigenvalue weighted by Crippen LogP contribution is -1.84. The molecular weight excluding hydrogens is 184 g/mol. The minimum Gasteiger partial charge on any atom is -0.478 e. The van der Waals surface area contributed by atoms with E-state index in [1.165, 1.54) is 0 Å². The molecule has 0 rings (SSSR count). The van der Waals surface area contributed by atoms with Crippen molar-refractivity contribution in [3.63, 3.8) is 0 Å². The van der Waals surface area contributed by atoms with Gasteiger partial charge in [0.05, 0.1) is 0 Å². The lowest BCUT2D eigenvalue weighted by atomic mass is 10.4. The zero-order chi connectivity index (χ0) is 11.4. The number of carboxylic acid groups (broad SMARTS) is 2. The van der Waals surface area contributed by atoms with Gasteiger partial charge in [0.2, 0.25) is 0 Å². The lowest BCUT2D eigenvalue weighted by molar-refractivity contribution is -0.132. The number of aliphatic carboxylic acids is 2. The second-order valence-electron chi connectivity index (χ2n) is 2.30. The Bertz CT molecular complexity index is 192. The highest BCUT2D eigenvalue weighted by atomic mass is 16.4. The zero-order valence-corrected chi connectivity index (χ0v) is 8.43. The summed E-state index contributed by atoms with van der Waals surface area (Å²) in [6.07, 6.45) is 7.04. The molecule has 0 saturated carbocycles. The van der Waals surface area contributed by atoms with Crippen LogP contribution in [0.25, 0.3) is 0 Å². The van der Waals surface area contributed by atoms with E-state index in [2.05, 4.69) is 0 Å². The van der Waals surface area contributed by atoms with E-state index in [0.29, 0.717) is 0 Å². The normalized spacial score (nSPS) is 9.86. The molecule has 80 valence electrons. The zero-order valence-electron chi connectivity index (χ0n) is 8.43. The van der Waals surface area contributed by atoms with Gasteiger partial charge in [-0.25, -0.2) is 9.59 Å². The van der Waals surface area contributed by atoms with Crippen LogP contribution in [-0.2, 0) is 9.59 Å². The summed E-state index contributed by atoms with van der Waals surface area (Å²) < 4.78 is 0. The Labute approximate surface area is 83.6 Å². The van der Waals surface area contributed by atoms with Gasteiger partial charge in [-0.05, 0) is 12.8 Å². The molecule has 0 saturated heterocycles. The van der Waals surface area contributed by atoms with Crippen LogP contribution in [0.5, 0.6) is 0 Å². The van der Waals surface area contributed by atoms with Gasteiger partial charge in [-0.1, -0.05) is 26.0 Å². The molecular formula is C10H16O4. The Morgan fingerprint density at radius 3 is 1.29 bits per heavy atom. The summed E-state index contributed by atoms with van der Waals surface area (Å²) in [7, 11) is 0. The Morgan fingerprint density at radius 1 is 0.929 bits per heavy atom. The van der Waals surface area contributed by atoms with Crippen LogP contribution in [0.15, 0.2) is 24.3 Å². The molecule has 4 nitrogen and oxygen atoms in total. The first-order valence-corrected chi connectivity index (χ1v) is 4.33. The Balaban J connectivity index is 0. The quantitative estimate of drug-likeness (QED) is 0.681. The topological polar surface area (TPSA) is 74.6 Å². The van der Waals surface area contributed by atoms with Crippen LogP contribution < -0.4 is 0 Å². The van der Waals surface area contributed by atoms with Gasteiger partial charge >= 0.3 is 11.9 Å². The van der Waals surface area contributed by atoms with Crippen molar-refractivity contribution in [1.82, 2.24) is 0 Å². The summed E-state index contributed by atoms with van der Waals surface area (Å²) in [5, 5.41) is 15.9. The van der Waals surface area contributed by atoms with Gasteiger partial charge < -0.3 is 10.2 Å². The SMILES string of the molecule is CCC=CC(=O)O.CCC=CC(=O)O. The van der Waals surface area contributed by atoms with Crippen molar-refractivity contribution in [1.29, 1.82) is 0 Å². The first kappa shape index (κ1) is 14.9. The van der Waals surface area contributed by atoms with Crippen molar-refractivity contribution >= 4 is 11.9 Å². The molecule has 0 unspecified atom stereocenters. The first-order valence-electron chi connectivity index (χ1n) is 4.33. The third-order valence-corrected chi connectivity index (χ3v) is 0.992. The van der Waals surface area contributed by atoms with Crippen LogP contribution in [-0.4, -0.2) is 22.2 Å². The molecule has 0 fully saturated rings. The molecule has 14 heavy (non-hydrogen) atoms. The number of allylic oxidation sites excluding steroid dienone is 2. The number of carboxylic acids is 2. The van der Waals surface area contributed by atoms with Crippen molar-refractivity contribution in [2.24, 2.45) is 0 Å². The van der Waals surface area contributed by atoms with E-state index < -0.39 is 11.9 Å². The summed E-state index contributed by atoms with van der Waals surface area (Å²) in [6.45, 7) is 3.78. The maximum Gasteiger partial charge on any atom is 0.327 e. The van der Waals surface area contributed by atoms with Crippen molar-refractivity contribution in [2.45, 2.75) is 26.7 Å². The number of carbonyl (C=O) groups is 2. The average molecular weight is 200 g/mol. The molecule has 0 aliphatic rings. The highest BCUT2D eigenvalue weighted by Gasteiger charge is 1.79. The second kappa shape index (κ2) is 11.4. The molecule has 0 atom stereocenters. The van der Waals surface area contributed by atoms with Gasteiger partial charge in [0.15, 0.2) is 0 Å². The molecule has 0 heterocycles. The van der Waals surface area contributed by atoms with Crippen molar-refractivity contribution in [3.8, 4) is 0 Å². The predicted octanol–water partition coefficient (Wildman–Crippen LogP) is 2.07. The van der Waals surface area contributed by atoms with Crippen LogP contribution in [0, 0.1) is 0 Å². The van der Waals surface area contributed by atoms with Crippen LogP contribution >= 0.6 is 0 Å². The molecule has 0 amide bonds. The molecule has 0 bridgehead atoms. The maximum absolute atomic E-state index is 9.67. The third-order valence-electron chi connectivity index (χ3n) is 0.992. The fraction of sp³-hybridized carbons (Fsp3) is 0.400. The minimum absolute atomic E-state index is 0.784. The number of rotatable bonds is 4. The van der Waals surface area contributed by atoms with Crippen molar-refractivity contribution < 1.29 is 19.8 Å². The highest BCUT2D eigenvalue weighted by molar-refractivity contribution is 5.79. The van der Waals surface area contributed by atoms with Crippen LogP contribution in [0.3, 0.4) is 0 Å². The smallest absolute Gasteiger partial charge is 0.327 e. The van der Waals surface area contributed by atoms with Gasteiger partial charge in [-0.2, -0.15) is 0 Å². The fourth-order valence-electron chi connectivity index (χ4n) is 0.437. The Kier molecular flexibility index (Phi) is 12.2. The van der Waals surface area contributed by atoms with Crippen molar-refractivity contribution in [2.75, 3.05) is 0 Å². The lowest BCUT2D eigenvalue weighted by Gasteiger charge is -1.73. The van der Waals surface area contributed by atoms with E-state index in [9.17, 15) is 9.59 Å².